The normalized spacial score (nSPS) is 24.6. The Bertz CT molecular complexity index is 624. The molecule has 5 nitrogen and oxygen atoms in total. The molecule has 1 spiro atoms. The van der Waals surface area contributed by atoms with Crippen molar-refractivity contribution in [1.29, 1.82) is 0 Å². The maximum absolute atomic E-state index is 13.1. The SMILES string of the molecule is Cl.NCCO[C@H]1C[C@@H](O)C12CCN(C(=O)c1ccc(F)cc1Cl)CC2. The van der Waals surface area contributed by atoms with Crippen LogP contribution in [0.15, 0.2) is 18.2 Å². The summed E-state index contributed by atoms with van der Waals surface area (Å²) in [5.74, 6) is -0.672. The predicted octanol–water partition coefficient (Wildman–Crippen LogP) is 2.23. The molecule has 3 N–H and O–H groups in total. The van der Waals surface area contributed by atoms with Crippen LogP contribution in [0.4, 0.5) is 4.39 Å². The van der Waals surface area contributed by atoms with Crippen LogP contribution < -0.4 is 5.73 Å². The summed E-state index contributed by atoms with van der Waals surface area (Å²) in [7, 11) is 0. The molecule has 1 aliphatic carbocycles. The molecule has 1 amide bonds. The molecule has 1 aliphatic heterocycles. The molecule has 1 saturated carbocycles. The fourth-order valence-electron chi connectivity index (χ4n) is 3.79. The Balaban J connectivity index is 0.00000225. The summed E-state index contributed by atoms with van der Waals surface area (Å²) in [5, 5.41) is 10.4. The van der Waals surface area contributed by atoms with Crippen LogP contribution in [-0.2, 0) is 4.74 Å². The number of benzene rings is 1. The van der Waals surface area contributed by atoms with E-state index >= 15 is 0 Å². The van der Waals surface area contributed by atoms with Crippen LogP contribution in [0.2, 0.25) is 5.02 Å². The highest BCUT2D eigenvalue weighted by Crippen LogP contribution is 2.51. The summed E-state index contributed by atoms with van der Waals surface area (Å²) in [6.07, 6.45) is 1.58. The van der Waals surface area contributed by atoms with Gasteiger partial charge in [0.05, 0.1) is 29.4 Å². The Labute approximate surface area is 157 Å². The van der Waals surface area contributed by atoms with Crippen molar-refractivity contribution in [3.05, 3.63) is 34.6 Å². The van der Waals surface area contributed by atoms with E-state index in [9.17, 15) is 14.3 Å². The first-order valence-corrected chi connectivity index (χ1v) is 8.60. The van der Waals surface area contributed by atoms with E-state index in [1.807, 2.05) is 0 Å². The van der Waals surface area contributed by atoms with Gasteiger partial charge in [0.25, 0.3) is 5.91 Å². The van der Waals surface area contributed by atoms with E-state index < -0.39 is 11.9 Å². The van der Waals surface area contributed by atoms with E-state index in [4.69, 9.17) is 22.1 Å². The van der Waals surface area contributed by atoms with Gasteiger partial charge in [0.1, 0.15) is 5.82 Å². The number of rotatable bonds is 4. The lowest BCUT2D eigenvalue weighted by Crippen LogP contribution is -2.62. The highest BCUT2D eigenvalue weighted by atomic mass is 35.5. The van der Waals surface area contributed by atoms with Crippen molar-refractivity contribution >= 4 is 29.9 Å². The van der Waals surface area contributed by atoms with Crippen LogP contribution in [0.5, 0.6) is 0 Å². The van der Waals surface area contributed by atoms with Crippen molar-refractivity contribution in [2.45, 2.75) is 31.5 Å². The second-order valence-electron chi connectivity index (χ2n) is 6.55. The third-order valence-electron chi connectivity index (χ3n) is 5.32. The monoisotopic (exact) mass is 392 g/mol. The molecule has 2 aliphatic rings. The number of piperidine rings is 1. The molecular weight excluding hydrogens is 370 g/mol. The lowest BCUT2D eigenvalue weighted by atomic mass is 9.58. The smallest absolute Gasteiger partial charge is 0.255 e. The molecule has 1 heterocycles. The maximum Gasteiger partial charge on any atom is 0.255 e. The van der Waals surface area contributed by atoms with Gasteiger partial charge in [0.2, 0.25) is 0 Å². The van der Waals surface area contributed by atoms with Gasteiger partial charge in [-0.2, -0.15) is 0 Å². The van der Waals surface area contributed by atoms with Crippen LogP contribution >= 0.6 is 24.0 Å². The maximum atomic E-state index is 13.1. The summed E-state index contributed by atoms with van der Waals surface area (Å²) in [5.41, 5.74) is 5.51. The van der Waals surface area contributed by atoms with E-state index in [0.717, 1.165) is 6.07 Å². The zero-order chi connectivity index (χ0) is 17.3. The molecule has 2 fully saturated rings. The van der Waals surface area contributed by atoms with Gasteiger partial charge >= 0.3 is 0 Å². The van der Waals surface area contributed by atoms with Crippen LogP contribution in [0.1, 0.15) is 29.6 Å². The third-order valence-corrected chi connectivity index (χ3v) is 5.63. The highest BCUT2D eigenvalue weighted by molar-refractivity contribution is 6.33. The summed E-state index contributed by atoms with van der Waals surface area (Å²) < 4.78 is 18.9. The van der Waals surface area contributed by atoms with Crippen LogP contribution in [0.25, 0.3) is 0 Å². The number of hydrogen-bond acceptors (Lipinski definition) is 4. The first kappa shape index (κ1) is 20.4. The van der Waals surface area contributed by atoms with Gasteiger partial charge in [-0.15, -0.1) is 12.4 Å². The molecule has 1 saturated heterocycles. The van der Waals surface area contributed by atoms with Crippen LogP contribution in [0.3, 0.4) is 0 Å². The average Bonchev–Trinajstić information content (AvgIpc) is 2.58. The number of likely N-dealkylation sites (tertiary alicyclic amines) is 1. The predicted molar refractivity (Wildman–Crippen MR) is 95.6 cm³/mol. The van der Waals surface area contributed by atoms with E-state index in [1.165, 1.54) is 12.1 Å². The zero-order valence-corrected chi connectivity index (χ0v) is 15.4. The molecule has 3 rings (SSSR count). The minimum atomic E-state index is -0.466. The van der Waals surface area contributed by atoms with E-state index in [2.05, 4.69) is 0 Å². The van der Waals surface area contributed by atoms with Crippen LogP contribution in [-0.4, -0.2) is 54.4 Å². The molecule has 0 radical (unpaired) electrons. The molecule has 0 aromatic heterocycles. The zero-order valence-electron chi connectivity index (χ0n) is 13.8. The molecule has 2 atom stereocenters. The molecule has 1 aromatic rings. The van der Waals surface area contributed by atoms with Crippen molar-refractivity contribution in [2.75, 3.05) is 26.2 Å². The Kier molecular flexibility index (Phi) is 6.68. The summed E-state index contributed by atoms with van der Waals surface area (Å²) in [6, 6.07) is 3.79. The number of carbonyl (C=O) groups is 1. The Hall–Kier alpha value is -0.920. The number of ether oxygens (including phenoxy) is 1. The number of hydrogen-bond donors (Lipinski definition) is 2. The van der Waals surface area contributed by atoms with Crippen molar-refractivity contribution in [1.82, 2.24) is 4.90 Å². The molecule has 0 unspecified atom stereocenters. The fraction of sp³-hybridized carbons (Fsp3) is 0.588. The van der Waals surface area contributed by atoms with Crippen molar-refractivity contribution in [2.24, 2.45) is 11.1 Å². The van der Waals surface area contributed by atoms with Gasteiger partial charge in [-0.25, -0.2) is 4.39 Å². The highest BCUT2D eigenvalue weighted by Gasteiger charge is 2.56. The Morgan fingerprint density at radius 1 is 1.44 bits per heavy atom. The van der Waals surface area contributed by atoms with Crippen molar-refractivity contribution < 1.29 is 19.0 Å². The lowest BCUT2D eigenvalue weighted by molar-refractivity contribution is -0.207. The quantitative estimate of drug-likeness (QED) is 0.823. The van der Waals surface area contributed by atoms with Crippen molar-refractivity contribution in [3.63, 3.8) is 0 Å². The van der Waals surface area contributed by atoms with E-state index in [0.29, 0.717) is 51.1 Å². The summed E-state index contributed by atoms with van der Waals surface area (Å²) in [6.45, 7) is 1.97. The molecule has 8 heteroatoms. The fourth-order valence-corrected chi connectivity index (χ4v) is 4.03. The van der Waals surface area contributed by atoms with Gasteiger partial charge in [-0.05, 0) is 31.0 Å². The molecule has 1 aromatic carbocycles. The van der Waals surface area contributed by atoms with E-state index in [-0.39, 0.29) is 34.9 Å². The number of nitrogens with zero attached hydrogens (tertiary/aromatic N) is 1. The number of amides is 1. The number of nitrogens with two attached hydrogens (primary N) is 1. The topological polar surface area (TPSA) is 75.8 Å². The lowest BCUT2D eigenvalue weighted by Gasteiger charge is -2.56. The third kappa shape index (κ3) is 3.78. The van der Waals surface area contributed by atoms with Crippen molar-refractivity contribution in [3.8, 4) is 0 Å². The van der Waals surface area contributed by atoms with Gasteiger partial charge in [-0.3, -0.25) is 4.79 Å². The average molecular weight is 393 g/mol. The molecule has 0 bridgehead atoms. The number of halogens is 3. The molecule has 25 heavy (non-hydrogen) atoms. The first-order chi connectivity index (χ1) is 11.5. The van der Waals surface area contributed by atoms with Gasteiger partial charge in [0, 0.05) is 31.5 Å². The van der Waals surface area contributed by atoms with E-state index in [1.54, 1.807) is 4.90 Å². The Morgan fingerprint density at radius 3 is 2.68 bits per heavy atom. The number of aliphatic hydroxyl groups excluding tert-OH is 1. The standard InChI is InChI=1S/C17H22ClFN2O3.ClH/c18-13-9-11(19)1-2-12(13)16(23)21-6-3-17(4-7-21)14(22)10-15(17)24-8-5-20;/h1-2,9,14-15,22H,3-8,10,20H2;1H/t14-,15+;/m1./s1. The second kappa shape index (κ2) is 8.18. The minimum Gasteiger partial charge on any atom is -0.392 e. The number of aliphatic hydroxyl groups is 1. The second-order valence-corrected chi connectivity index (χ2v) is 6.96. The molecule has 140 valence electrons. The number of carbonyl (C=O) groups excluding carboxylic acids is 1. The molecular formula is C17H23Cl2FN2O3. The first-order valence-electron chi connectivity index (χ1n) is 8.22. The van der Waals surface area contributed by atoms with Crippen LogP contribution in [0, 0.1) is 11.2 Å². The largest absolute Gasteiger partial charge is 0.392 e. The summed E-state index contributed by atoms with van der Waals surface area (Å²) >= 11 is 5.98. The van der Waals surface area contributed by atoms with Gasteiger partial charge in [0.15, 0.2) is 0 Å². The summed E-state index contributed by atoms with van der Waals surface area (Å²) in [4.78, 5) is 14.3. The van der Waals surface area contributed by atoms with Gasteiger partial charge < -0.3 is 20.5 Å². The minimum absolute atomic E-state index is 0. The van der Waals surface area contributed by atoms with Gasteiger partial charge in [-0.1, -0.05) is 11.6 Å². The Morgan fingerprint density at radius 2 is 2.12 bits per heavy atom.